The van der Waals surface area contributed by atoms with E-state index in [2.05, 4.69) is 52.4 Å². The second-order valence-electron chi connectivity index (χ2n) is 4.22. The van der Waals surface area contributed by atoms with Crippen molar-refractivity contribution in [2.45, 2.75) is 31.7 Å². The summed E-state index contributed by atoms with van der Waals surface area (Å²) in [7, 11) is 0. The van der Waals surface area contributed by atoms with Crippen molar-refractivity contribution in [2.24, 2.45) is 0 Å². The molecule has 76 valence electrons. The molecular weight excluding hydrogens is 238 g/mol. The molecule has 1 aliphatic rings. The van der Waals surface area contributed by atoms with Crippen LogP contribution in [0.25, 0.3) is 0 Å². The first kappa shape index (κ1) is 10.2. The van der Waals surface area contributed by atoms with Crippen LogP contribution in [0.4, 0.5) is 0 Å². The fraction of sp³-hybridized carbons (Fsp3) is 0.500. The maximum atomic E-state index is 3.62. The molecule has 1 nitrogen and oxygen atoms in total. The van der Waals surface area contributed by atoms with Gasteiger partial charge < -0.3 is 5.32 Å². The molecule has 1 fully saturated rings. The molecule has 0 saturated carbocycles. The van der Waals surface area contributed by atoms with Crippen LogP contribution in [0.2, 0.25) is 0 Å². The Labute approximate surface area is 94.0 Å². The number of piperidine rings is 1. The summed E-state index contributed by atoms with van der Waals surface area (Å²) >= 11 is 3.47. The summed E-state index contributed by atoms with van der Waals surface area (Å²) in [6.07, 6.45) is 3.89. The summed E-state index contributed by atoms with van der Waals surface area (Å²) in [5.74, 6) is 0. The summed E-state index contributed by atoms with van der Waals surface area (Å²) in [5, 5.41) is 3.62. The Morgan fingerprint density at radius 3 is 2.50 bits per heavy atom. The molecule has 0 aliphatic carbocycles. The Balaban J connectivity index is 2.23. The van der Waals surface area contributed by atoms with Crippen molar-refractivity contribution < 1.29 is 0 Å². The number of rotatable bonds is 1. The minimum atomic E-state index is 0.193. The van der Waals surface area contributed by atoms with Crippen LogP contribution in [0.3, 0.4) is 0 Å². The van der Waals surface area contributed by atoms with Crippen LogP contribution in [0.15, 0.2) is 28.7 Å². The van der Waals surface area contributed by atoms with E-state index in [1.54, 1.807) is 0 Å². The van der Waals surface area contributed by atoms with Crippen LogP contribution in [0, 0.1) is 0 Å². The van der Waals surface area contributed by atoms with E-state index in [0.717, 1.165) is 11.0 Å². The minimum absolute atomic E-state index is 0.193. The SMILES string of the molecule is C[C@@]1(c2ccc(Br)cc2)CCCCN1. The fourth-order valence-corrected chi connectivity index (χ4v) is 2.38. The minimum Gasteiger partial charge on any atom is -0.308 e. The Bertz CT molecular complexity index is 299. The molecule has 0 bridgehead atoms. The van der Waals surface area contributed by atoms with E-state index in [1.165, 1.54) is 24.8 Å². The van der Waals surface area contributed by atoms with Gasteiger partial charge >= 0.3 is 0 Å². The van der Waals surface area contributed by atoms with Gasteiger partial charge in [-0.15, -0.1) is 0 Å². The molecule has 1 saturated heterocycles. The van der Waals surface area contributed by atoms with E-state index >= 15 is 0 Å². The lowest BCUT2D eigenvalue weighted by atomic mass is 9.84. The Morgan fingerprint density at radius 2 is 1.93 bits per heavy atom. The zero-order valence-corrected chi connectivity index (χ0v) is 10.1. The van der Waals surface area contributed by atoms with Gasteiger partial charge in [-0.05, 0) is 44.0 Å². The summed E-state index contributed by atoms with van der Waals surface area (Å²) in [4.78, 5) is 0. The van der Waals surface area contributed by atoms with Gasteiger partial charge in [-0.2, -0.15) is 0 Å². The number of hydrogen-bond donors (Lipinski definition) is 1. The summed E-state index contributed by atoms with van der Waals surface area (Å²) in [5.41, 5.74) is 1.60. The molecule has 1 aliphatic heterocycles. The lowest BCUT2D eigenvalue weighted by Gasteiger charge is -2.35. The highest BCUT2D eigenvalue weighted by Crippen LogP contribution is 2.30. The number of nitrogens with one attached hydrogen (secondary N) is 1. The van der Waals surface area contributed by atoms with Crippen LogP contribution in [-0.4, -0.2) is 6.54 Å². The first-order valence-electron chi connectivity index (χ1n) is 5.22. The highest BCUT2D eigenvalue weighted by molar-refractivity contribution is 9.10. The molecule has 1 heterocycles. The van der Waals surface area contributed by atoms with Crippen LogP contribution >= 0.6 is 15.9 Å². The van der Waals surface area contributed by atoms with Gasteiger partial charge in [0.05, 0.1) is 0 Å². The van der Waals surface area contributed by atoms with Crippen molar-refractivity contribution >= 4 is 15.9 Å². The first-order valence-corrected chi connectivity index (χ1v) is 6.01. The highest BCUT2D eigenvalue weighted by Gasteiger charge is 2.27. The molecule has 1 aromatic carbocycles. The molecule has 1 aromatic rings. The quantitative estimate of drug-likeness (QED) is 0.809. The molecule has 2 rings (SSSR count). The molecular formula is C12H16BrN. The van der Waals surface area contributed by atoms with Gasteiger partial charge in [-0.3, -0.25) is 0 Å². The molecule has 2 heteroatoms. The third kappa shape index (κ3) is 2.01. The van der Waals surface area contributed by atoms with Gasteiger partial charge in [0.25, 0.3) is 0 Å². The zero-order valence-electron chi connectivity index (χ0n) is 8.52. The maximum absolute atomic E-state index is 3.62. The monoisotopic (exact) mass is 253 g/mol. The van der Waals surface area contributed by atoms with Crippen molar-refractivity contribution in [3.8, 4) is 0 Å². The maximum Gasteiger partial charge on any atom is 0.0406 e. The van der Waals surface area contributed by atoms with E-state index < -0.39 is 0 Å². The van der Waals surface area contributed by atoms with Crippen LogP contribution < -0.4 is 5.32 Å². The van der Waals surface area contributed by atoms with Gasteiger partial charge in [-0.1, -0.05) is 34.5 Å². The third-order valence-electron chi connectivity index (χ3n) is 3.10. The molecule has 1 N–H and O–H groups in total. The van der Waals surface area contributed by atoms with E-state index in [1.807, 2.05) is 0 Å². The summed E-state index contributed by atoms with van der Waals surface area (Å²) in [6, 6.07) is 8.67. The molecule has 0 amide bonds. The average Bonchev–Trinajstić information content (AvgIpc) is 2.19. The molecule has 0 radical (unpaired) electrons. The number of halogens is 1. The van der Waals surface area contributed by atoms with Crippen LogP contribution in [-0.2, 0) is 5.54 Å². The third-order valence-corrected chi connectivity index (χ3v) is 3.63. The molecule has 0 aromatic heterocycles. The predicted octanol–water partition coefficient (Wildman–Crippen LogP) is 3.44. The van der Waals surface area contributed by atoms with Gasteiger partial charge in [-0.25, -0.2) is 0 Å². The van der Waals surface area contributed by atoms with Crippen molar-refractivity contribution in [1.29, 1.82) is 0 Å². The smallest absolute Gasteiger partial charge is 0.0406 e. The van der Waals surface area contributed by atoms with Gasteiger partial charge in [0, 0.05) is 10.0 Å². The Kier molecular flexibility index (Phi) is 2.93. The summed E-state index contributed by atoms with van der Waals surface area (Å²) in [6.45, 7) is 3.45. The van der Waals surface area contributed by atoms with Crippen molar-refractivity contribution in [3.63, 3.8) is 0 Å². The highest BCUT2D eigenvalue weighted by atomic mass is 79.9. The van der Waals surface area contributed by atoms with Gasteiger partial charge in [0.1, 0.15) is 0 Å². The lowest BCUT2D eigenvalue weighted by Crippen LogP contribution is -2.43. The summed E-state index contributed by atoms with van der Waals surface area (Å²) < 4.78 is 1.15. The molecule has 0 spiro atoms. The van der Waals surface area contributed by atoms with E-state index in [-0.39, 0.29) is 5.54 Å². The van der Waals surface area contributed by atoms with Crippen molar-refractivity contribution in [3.05, 3.63) is 34.3 Å². The van der Waals surface area contributed by atoms with Gasteiger partial charge in [0.2, 0.25) is 0 Å². The van der Waals surface area contributed by atoms with Crippen LogP contribution in [0.5, 0.6) is 0 Å². The van der Waals surface area contributed by atoms with Crippen molar-refractivity contribution in [2.75, 3.05) is 6.54 Å². The lowest BCUT2D eigenvalue weighted by molar-refractivity contribution is 0.283. The van der Waals surface area contributed by atoms with E-state index in [9.17, 15) is 0 Å². The zero-order chi connectivity index (χ0) is 10.0. The van der Waals surface area contributed by atoms with E-state index in [0.29, 0.717) is 0 Å². The fourth-order valence-electron chi connectivity index (χ4n) is 2.12. The Morgan fingerprint density at radius 1 is 1.21 bits per heavy atom. The molecule has 0 unspecified atom stereocenters. The normalized spacial score (nSPS) is 27.6. The largest absolute Gasteiger partial charge is 0.308 e. The molecule has 14 heavy (non-hydrogen) atoms. The van der Waals surface area contributed by atoms with E-state index in [4.69, 9.17) is 0 Å². The van der Waals surface area contributed by atoms with Gasteiger partial charge in [0.15, 0.2) is 0 Å². The Hall–Kier alpha value is -0.340. The first-order chi connectivity index (χ1) is 6.71. The number of hydrogen-bond acceptors (Lipinski definition) is 1. The predicted molar refractivity (Wildman–Crippen MR) is 63.3 cm³/mol. The second-order valence-corrected chi connectivity index (χ2v) is 5.14. The standard InChI is InChI=1S/C12H16BrN/c1-12(8-2-3-9-14-12)10-4-6-11(13)7-5-10/h4-7,14H,2-3,8-9H2,1H3/t12-/m0/s1. The second kappa shape index (κ2) is 4.03. The average molecular weight is 254 g/mol. The number of benzene rings is 1. The topological polar surface area (TPSA) is 12.0 Å². The van der Waals surface area contributed by atoms with Crippen molar-refractivity contribution in [1.82, 2.24) is 5.32 Å². The molecule has 1 atom stereocenters. The van der Waals surface area contributed by atoms with Crippen LogP contribution in [0.1, 0.15) is 31.7 Å².